The lowest BCUT2D eigenvalue weighted by Gasteiger charge is -2.26. The van der Waals surface area contributed by atoms with Crippen molar-refractivity contribution in [3.8, 4) is 0 Å². The van der Waals surface area contributed by atoms with Crippen LogP contribution in [0.4, 0.5) is 0 Å². The standard InChI is InChI=1S/C40H81N2O6P/c1-7-9-11-13-15-17-19-21-23-25-27-29-31-33-39(46-6)38(37-48-49(44,45)47-36-35-42(3,4)5)41-40(43)34-32-30-28-26-24-22-20-18-16-14-12-10-8-2/h31,33,38-39H,7-30,32,34-37H2,1-6H3,(H-,41,43,44,45)/p+1/b33-31+/t38-,39+/m0/s1. The Morgan fingerprint density at radius 1 is 0.694 bits per heavy atom. The maximum atomic E-state index is 13.0. The molecule has 0 heterocycles. The van der Waals surface area contributed by atoms with Crippen LogP contribution in [0, 0.1) is 0 Å². The molecule has 1 unspecified atom stereocenters. The Morgan fingerprint density at radius 3 is 1.55 bits per heavy atom. The minimum Gasteiger partial charge on any atom is -0.375 e. The van der Waals surface area contributed by atoms with Crippen molar-refractivity contribution in [3.63, 3.8) is 0 Å². The number of hydrogen-bond donors (Lipinski definition) is 2. The SMILES string of the molecule is CCCCCCCCCCCCC/C=C/[C@@H](OC)[C@H](COP(=O)(O)OCC[N+](C)(C)C)NC(=O)CCCCCCCCCCCCCCC. The summed E-state index contributed by atoms with van der Waals surface area (Å²) >= 11 is 0. The zero-order chi connectivity index (χ0) is 36.5. The number of carbonyl (C=O) groups excluding carboxylic acids is 1. The first-order chi connectivity index (χ1) is 23.5. The molecule has 0 bridgehead atoms. The van der Waals surface area contributed by atoms with Crippen LogP contribution < -0.4 is 5.32 Å². The summed E-state index contributed by atoms with van der Waals surface area (Å²) in [6.45, 7) is 5.01. The predicted molar refractivity (Wildman–Crippen MR) is 208 cm³/mol. The van der Waals surface area contributed by atoms with Crippen molar-refractivity contribution in [2.24, 2.45) is 0 Å². The molecular weight excluding hydrogens is 635 g/mol. The molecule has 0 rings (SSSR count). The normalized spacial score (nSPS) is 14.7. The van der Waals surface area contributed by atoms with Crippen LogP contribution in [0.5, 0.6) is 0 Å². The number of nitrogens with one attached hydrogen (secondary N) is 1. The average molecular weight is 718 g/mol. The van der Waals surface area contributed by atoms with Crippen molar-refractivity contribution in [2.45, 2.75) is 193 Å². The Morgan fingerprint density at radius 2 is 1.12 bits per heavy atom. The van der Waals surface area contributed by atoms with Gasteiger partial charge in [0.25, 0.3) is 0 Å². The maximum Gasteiger partial charge on any atom is 0.472 e. The van der Waals surface area contributed by atoms with Gasteiger partial charge in [-0.3, -0.25) is 13.8 Å². The van der Waals surface area contributed by atoms with Crippen LogP contribution in [0.2, 0.25) is 0 Å². The summed E-state index contributed by atoms with van der Waals surface area (Å²) in [5.41, 5.74) is 0. The lowest BCUT2D eigenvalue weighted by atomic mass is 10.0. The number of quaternary nitrogens is 1. The second-order valence-corrected chi connectivity index (χ2v) is 16.7. The van der Waals surface area contributed by atoms with Crippen LogP contribution in [0.25, 0.3) is 0 Å². The van der Waals surface area contributed by atoms with E-state index in [-0.39, 0.29) is 19.1 Å². The van der Waals surface area contributed by atoms with Crippen LogP contribution in [-0.2, 0) is 23.1 Å². The summed E-state index contributed by atoms with van der Waals surface area (Å²) in [7, 11) is 3.28. The van der Waals surface area contributed by atoms with Crippen LogP contribution in [0.1, 0.15) is 181 Å². The van der Waals surface area contributed by atoms with Gasteiger partial charge in [-0.15, -0.1) is 0 Å². The number of nitrogens with zero attached hydrogens (tertiary/aromatic N) is 1. The van der Waals surface area contributed by atoms with Gasteiger partial charge in [0.1, 0.15) is 13.2 Å². The molecule has 2 N–H and O–H groups in total. The topological polar surface area (TPSA) is 94.1 Å². The van der Waals surface area contributed by atoms with Crippen LogP contribution in [0.3, 0.4) is 0 Å². The minimum atomic E-state index is -4.28. The Balaban J connectivity index is 4.64. The molecule has 0 saturated heterocycles. The summed E-state index contributed by atoms with van der Waals surface area (Å²) in [6, 6.07) is -0.601. The fourth-order valence-electron chi connectivity index (χ4n) is 5.98. The van der Waals surface area contributed by atoms with Gasteiger partial charge in [-0.05, 0) is 19.3 Å². The molecule has 0 fully saturated rings. The third-order valence-electron chi connectivity index (χ3n) is 9.26. The third-order valence-corrected chi connectivity index (χ3v) is 10.2. The Bertz CT molecular complexity index is 819. The number of methoxy groups -OCH3 is 1. The van der Waals surface area contributed by atoms with Crippen LogP contribution >= 0.6 is 7.82 Å². The zero-order valence-electron chi connectivity index (χ0n) is 33.2. The number of ether oxygens (including phenoxy) is 1. The van der Waals surface area contributed by atoms with Crippen molar-refractivity contribution in [3.05, 3.63) is 12.2 Å². The van der Waals surface area contributed by atoms with Crippen molar-refractivity contribution >= 4 is 13.7 Å². The summed E-state index contributed by atoms with van der Waals surface area (Å²) in [5, 5.41) is 3.03. The van der Waals surface area contributed by atoms with E-state index in [1.807, 2.05) is 27.2 Å². The first-order valence-electron chi connectivity index (χ1n) is 20.5. The number of phosphoric ester groups is 1. The molecule has 0 aliphatic carbocycles. The number of amides is 1. The number of allylic oxidation sites excluding steroid dienone is 1. The molecule has 0 radical (unpaired) electrons. The summed E-state index contributed by atoms with van der Waals surface area (Å²) in [5.74, 6) is -0.0868. The smallest absolute Gasteiger partial charge is 0.375 e. The molecular formula is C40H82N2O6P+. The fraction of sp³-hybridized carbons (Fsp3) is 0.925. The first-order valence-corrected chi connectivity index (χ1v) is 21.9. The molecule has 0 aromatic rings. The predicted octanol–water partition coefficient (Wildman–Crippen LogP) is 11.1. The number of phosphoric acid groups is 1. The Hall–Kier alpha value is -0.760. The van der Waals surface area contributed by atoms with E-state index in [0.717, 1.165) is 32.1 Å². The second kappa shape index (κ2) is 33.1. The Kier molecular flexibility index (Phi) is 32.6. The molecule has 0 saturated carbocycles. The van der Waals surface area contributed by atoms with E-state index < -0.39 is 20.0 Å². The number of likely N-dealkylation sites (N-methyl/N-ethyl adjacent to an activating group) is 1. The second-order valence-electron chi connectivity index (χ2n) is 15.2. The van der Waals surface area contributed by atoms with Crippen molar-refractivity contribution in [1.82, 2.24) is 5.32 Å². The van der Waals surface area contributed by atoms with E-state index >= 15 is 0 Å². The largest absolute Gasteiger partial charge is 0.472 e. The fourth-order valence-corrected chi connectivity index (χ4v) is 6.71. The zero-order valence-corrected chi connectivity index (χ0v) is 34.1. The maximum absolute atomic E-state index is 13.0. The monoisotopic (exact) mass is 718 g/mol. The van der Waals surface area contributed by atoms with Crippen LogP contribution in [-0.4, -0.2) is 75.4 Å². The average Bonchev–Trinajstić information content (AvgIpc) is 3.05. The van der Waals surface area contributed by atoms with E-state index in [4.69, 9.17) is 13.8 Å². The molecule has 8 nitrogen and oxygen atoms in total. The molecule has 292 valence electrons. The summed E-state index contributed by atoms with van der Waals surface area (Å²) < 4.78 is 29.6. The first kappa shape index (κ1) is 48.2. The van der Waals surface area contributed by atoms with E-state index in [9.17, 15) is 14.3 Å². The van der Waals surface area contributed by atoms with E-state index in [1.54, 1.807) is 7.11 Å². The van der Waals surface area contributed by atoms with Crippen molar-refractivity contribution < 1.29 is 32.5 Å². The van der Waals surface area contributed by atoms with E-state index in [0.29, 0.717) is 17.4 Å². The van der Waals surface area contributed by atoms with Crippen molar-refractivity contribution in [1.29, 1.82) is 0 Å². The third kappa shape index (κ3) is 34.1. The van der Waals surface area contributed by atoms with Crippen molar-refractivity contribution in [2.75, 3.05) is 48.0 Å². The highest BCUT2D eigenvalue weighted by Gasteiger charge is 2.28. The van der Waals surface area contributed by atoms with Gasteiger partial charge in [-0.25, -0.2) is 4.57 Å². The number of rotatable bonds is 37. The van der Waals surface area contributed by atoms with Crippen LogP contribution in [0.15, 0.2) is 12.2 Å². The van der Waals surface area contributed by atoms with Gasteiger partial charge in [0.05, 0.1) is 39.9 Å². The highest BCUT2D eigenvalue weighted by Crippen LogP contribution is 2.43. The number of hydrogen-bond acceptors (Lipinski definition) is 5. The minimum absolute atomic E-state index is 0.0868. The molecule has 49 heavy (non-hydrogen) atoms. The van der Waals surface area contributed by atoms with Gasteiger partial charge in [0.15, 0.2) is 0 Å². The van der Waals surface area contributed by atoms with Gasteiger partial charge in [-0.1, -0.05) is 167 Å². The quantitative estimate of drug-likeness (QED) is 0.0288. The van der Waals surface area contributed by atoms with Gasteiger partial charge in [0.2, 0.25) is 5.91 Å². The number of unbranched alkanes of at least 4 members (excludes halogenated alkanes) is 23. The Labute approximate surface area is 304 Å². The molecule has 9 heteroatoms. The molecule has 3 atom stereocenters. The molecule has 0 aliphatic heterocycles. The molecule has 0 aromatic heterocycles. The van der Waals surface area contributed by atoms with E-state index in [2.05, 4.69) is 25.2 Å². The van der Waals surface area contributed by atoms with E-state index in [1.165, 1.54) is 128 Å². The highest BCUT2D eigenvalue weighted by molar-refractivity contribution is 7.47. The molecule has 1 amide bonds. The van der Waals surface area contributed by atoms with Gasteiger partial charge < -0.3 is 19.4 Å². The molecule has 0 aliphatic rings. The highest BCUT2D eigenvalue weighted by atomic mass is 31.2. The van der Waals surface area contributed by atoms with Gasteiger partial charge >= 0.3 is 7.82 Å². The molecule has 0 aromatic carbocycles. The lowest BCUT2D eigenvalue weighted by molar-refractivity contribution is -0.870. The lowest BCUT2D eigenvalue weighted by Crippen LogP contribution is -2.46. The summed E-state index contributed by atoms with van der Waals surface area (Å²) in [6.07, 6.45) is 35.7. The molecule has 0 spiro atoms. The van der Waals surface area contributed by atoms with Gasteiger partial charge in [-0.2, -0.15) is 0 Å². The number of carbonyl (C=O) groups is 1. The van der Waals surface area contributed by atoms with Gasteiger partial charge in [0, 0.05) is 13.5 Å². The summed E-state index contributed by atoms with van der Waals surface area (Å²) in [4.78, 5) is 23.3.